The van der Waals surface area contributed by atoms with E-state index >= 15 is 0 Å². The molecule has 1 saturated heterocycles. The summed E-state index contributed by atoms with van der Waals surface area (Å²) in [4.78, 5) is 18.9. The summed E-state index contributed by atoms with van der Waals surface area (Å²) in [7, 11) is -3.40. The van der Waals surface area contributed by atoms with Gasteiger partial charge < -0.3 is 9.30 Å². The number of piperidine rings is 1. The Morgan fingerprint density at radius 3 is 2.66 bits per heavy atom. The summed E-state index contributed by atoms with van der Waals surface area (Å²) >= 11 is 0. The second-order valence-electron chi connectivity index (χ2n) is 8.35. The number of nitrogens with zero attached hydrogens (tertiary/aromatic N) is 3. The van der Waals surface area contributed by atoms with Crippen molar-refractivity contribution >= 4 is 15.8 Å². The lowest BCUT2D eigenvalue weighted by Crippen LogP contribution is -2.45. The van der Waals surface area contributed by atoms with Crippen molar-refractivity contribution in [1.29, 1.82) is 0 Å². The van der Waals surface area contributed by atoms with Gasteiger partial charge >= 0.3 is 5.97 Å². The van der Waals surface area contributed by atoms with Gasteiger partial charge in [0, 0.05) is 13.1 Å². The number of hydrogen-bond acceptors (Lipinski definition) is 6. The first-order chi connectivity index (χ1) is 14.0. The Labute approximate surface area is 174 Å². The molecule has 2 aliphatic rings. The molecule has 1 unspecified atom stereocenters. The number of imidazole rings is 1. The lowest BCUT2D eigenvalue weighted by Gasteiger charge is -2.34. The van der Waals surface area contributed by atoms with Gasteiger partial charge in [-0.15, -0.1) is 0 Å². The summed E-state index contributed by atoms with van der Waals surface area (Å²) in [6, 6.07) is -0.256. The SMILES string of the molecule is CCCCn1c(CN2CCCCC2C(=O)OCC)cnc1S(=O)(=O)CC1CCC1. The minimum absolute atomic E-state index is 0.176. The number of esters is 1. The zero-order chi connectivity index (χ0) is 20.9. The number of hydrogen-bond donors (Lipinski definition) is 0. The van der Waals surface area contributed by atoms with E-state index in [-0.39, 0.29) is 28.8 Å². The fourth-order valence-corrected chi connectivity index (χ4v) is 6.12. The van der Waals surface area contributed by atoms with Crippen molar-refractivity contribution in [3.63, 3.8) is 0 Å². The summed E-state index contributed by atoms with van der Waals surface area (Å²) in [6.07, 6.45) is 9.52. The smallest absolute Gasteiger partial charge is 0.323 e. The predicted octanol–water partition coefficient (Wildman–Crippen LogP) is 3.17. The number of ether oxygens (including phenoxy) is 1. The molecular formula is C21H35N3O4S. The molecule has 1 aliphatic heterocycles. The van der Waals surface area contributed by atoms with Crippen molar-refractivity contribution in [3.05, 3.63) is 11.9 Å². The topological polar surface area (TPSA) is 81.5 Å². The first-order valence-electron chi connectivity index (χ1n) is 11.1. The fourth-order valence-electron chi connectivity index (χ4n) is 4.26. The lowest BCUT2D eigenvalue weighted by molar-refractivity contribution is -0.151. The number of unbranched alkanes of at least 4 members (excludes halogenated alkanes) is 1. The molecule has 2 fully saturated rings. The van der Waals surface area contributed by atoms with E-state index in [0.717, 1.165) is 63.6 Å². The third-order valence-electron chi connectivity index (χ3n) is 6.13. The van der Waals surface area contributed by atoms with Crippen LogP contribution in [0.4, 0.5) is 0 Å². The van der Waals surface area contributed by atoms with Crippen LogP contribution in [0.5, 0.6) is 0 Å². The van der Waals surface area contributed by atoms with Crippen molar-refractivity contribution in [2.24, 2.45) is 5.92 Å². The van der Waals surface area contributed by atoms with Crippen LogP contribution in [-0.2, 0) is 32.5 Å². The third kappa shape index (κ3) is 5.40. The van der Waals surface area contributed by atoms with Gasteiger partial charge in [-0.1, -0.05) is 26.2 Å². The van der Waals surface area contributed by atoms with Gasteiger partial charge in [-0.2, -0.15) is 0 Å². The van der Waals surface area contributed by atoms with Gasteiger partial charge in [0.05, 0.1) is 24.3 Å². The lowest BCUT2D eigenvalue weighted by atomic mass is 9.87. The molecule has 0 amide bonds. The Morgan fingerprint density at radius 1 is 1.21 bits per heavy atom. The van der Waals surface area contributed by atoms with Crippen molar-refractivity contribution in [3.8, 4) is 0 Å². The molecule has 2 heterocycles. The van der Waals surface area contributed by atoms with E-state index in [9.17, 15) is 13.2 Å². The molecule has 29 heavy (non-hydrogen) atoms. The molecule has 3 rings (SSSR count). The quantitative estimate of drug-likeness (QED) is 0.536. The highest BCUT2D eigenvalue weighted by molar-refractivity contribution is 7.91. The average Bonchev–Trinajstić information content (AvgIpc) is 3.07. The molecule has 1 aromatic rings. The molecule has 0 radical (unpaired) electrons. The maximum atomic E-state index is 13.0. The summed E-state index contributed by atoms with van der Waals surface area (Å²) in [5.41, 5.74) is 0.877. The van der Waals surface area contributed by atoms with Gasteiger partial charge in [-0.3, -0.25) is 9.69 Å². The van der Waals surface area contributed by atoms with Crippen LogP contribution < -0.4 is 0 Å². The second kappa shape index (κ2) is 10.1. The van der Waals surface area contributed by atoms with E-state index in [1.54, 1.807) is 6.20 Å². The zero-order valence-corrected chi connectivity index (χ0v) is 18.6. The van der Waals surface area contributed by atoms with Crippen LogP contribution in [0.15, 0.2) is 11.4 Å². The fraction of sp³-hybridized carbons (Fsp3) is 0.810. The minimum atomic E-state index is -3.40. The van der Waals surface area contributed by atoms with Crippen molar-refractivity contribution in [2.75, 3.05) is 18.9 Å². The Bertz CT molecular complexity index is 786. The molecule has 164 valence electrons. The van der Waals surface area contributed by atoms with Gasteiger partial charge in [0.2, 0.25) is 15.0 Å². The number of likely N-dealkylation sites (tertiary alicyclic amines) is 1. The number of carbonyl (C=O) groups is 1. The number of carbonyl (C=O) groups excluding carboxylic acids is 1. The van der Waals surface area contributed by atoms with Gasteiger partial charge in [0.25, 0.3) is 0 Å². The Balaban J connectivity index is 1.82. The van der Waals surface area contributed by atoms with Crippen molar-refractivity contribution in [2.45, 2.75) is 89.5 Å². The van der Waals surface area contributed by atoms with E-state index in [0.29, 0.717) is 19.7 Å². The van der Waals surface area contributed by atoms with Crippen molar-refractivity contribution < 1.29 is 17.9 Å². The highest BCUT2D eigenvalue weighted by Crippen LogP contribution is 2.30. The molecule has 7 nitrogen and oxygen atoms in total. The molecule has 8 heteroatoms. The first kappa shape index (κ1) is 22.3. The summed E-state index contributed by atoms with van der Waals surface area (Å²) in [5.74, 6) is 0.296. The number of aromatic nitrogens is 2. The second-order valence-corrected chi connectivity index (χ2v) is 10.3. The molecule has 1 saturated carbocycles. The van der Waals surface area contributed by atoms with Crippen LogP contribution in [0.3, 0.4) is 0 Å². The Kier molecular flexibility index (Phi) is 7.73. The maximum absolute atomic E-state index is 13.0. The molecule has 0 aromatic carbocycles. The largest absolute Gasteiger partial charge is 0.465 e. The molecule has 0 bridgehead atoms. The minimum Gasteiger partial charge on any atom is -0.465 e. The summed E-state index contributed by atoms with van der Waals surface area (Å²) in [6.45, 7) is 6.28. The maximum Gasteiger partial charge on any atom is 0.323 e. The monoisotopic (exact) mass is 425 g/mol. The summed E-state index contributed by atoms with van der Waals surface area (Å²) < 4.78 is 33.2. The van der Waals surface area contributed by atoms with E-state index in [4.69, 9.17) is 4.74 Å². The first-order valence-corrected chi connectivity index (χ1v) is 12.8. The molecule has 0 N–H and O–H groups in total. The molecule has 1 atom stereocenters. The molecule has 1 aromatic heterocycles. The summed E-state index contributed by atoms with van der Waals surface area (Å²) in [5, 5.41) is 0.206. The molecular weight excluding hydrogens is 390 g/mol. The van der Waals surface area contributed by atoms with E-state index in [2.05, 4.69) is 16.8 Å². The van der Waals surface area contributed by atoms with Gasteiger partial charge in [0.1, 0.15) is 6.04 Å². The number of rotatable bonds is 10. The van der Waals surface area contributed by atoms with Crippen molar-refractivity contribution in [1.82, 2.24) is 14.5 Å². The highest BCUT2D eigenvalue weighted by atomic mass is 32.2. The molecule has 0 spiro atoms. The van der Waals surface area contributed by atoms with Crippen LogP contribution in [0.1, 0.15) is 70.9 Å². The van der Waals surface area contributed by atoms with Gasteiger partial charge in [0.15, 0.2) is 0 Å². The standard InChI is InChI=1S/C21H35N3O4S/c1-3-5-13-24-18(14-22-21(24)29(26,27)16-17-9-8-10-17)15-23-12-7-6-11-19(23)20(25)28-4-2/h14,17,19H,3-13,15-16H2,1-2H3. The Hall–Kier alpha value is -1.41. The van der Waals surface area contributed by atoms with E-state index in [1.165, 1.54) is 0 Å². The Morgan fingerprint density at radius 2 is 2.00 bits per heavy atom. The van der Waals surface area contributed by atoms with Crippen LogP contribution in [0, 0.1) is 5.92 Å². The normalized spacial score (nSPS) is 21.1. The van der Waals surface area contributed by atoms with Crippen LogP contribution in [0.2, 0.25) is 0 Å². The zero-order valence-electron chi connectivity index (χ0n) is 17.8. The highest BCUT2D eigenvalue weighted by Gasteiger charge is 2.33. The van der Waals surface area contributed by atoms with Crippen LogP contribution in [-0.4, -0.2) is 53.8 Å². The van der Waals surface area contributed by atoms with Crippen LogP contribution >= 0.6 is 0 Å². The average molecular weight is 426 g/mol. The van der Waals surface area contributed by atoms with Gasteiger partial charge in [-0.05, 0) is 51.5 Å². The third-order valence-corrected chi connectivity index (χ3v) is 7.92. The van der Waals surface area contributed by atoms with Gasteiger partial charge in [-0.25, -0.2) is 13.4 Å². The van der Waals surface area contributed by atoms with E-state index < -0.39 is 9.84 Å². The molecule has 1 aliphatic carbocycles. The van der Waals surface area contributed by atoms with Crippen LogP contribution in [0.25, 0.3) is 0 Å². The van der Waals surface area contributed by atoms with E-state index in [1.807, 2.05) is 11.5 Å². The predicted molar refractivity (Wildman–Crippen MR) is 111 cm³/mol. The number of sulfone groups is 1.